The summed E-state index contributed by atoms with van der Waals surface area (Å²) in [4.78, 5) is 12.6. The van der Waals surface area contributed by atoms with Crippen LogP contribution in [0.5, 0.6) is 23.0 Å². The fourth-order valence-corrected chi connectivity index (χ4v) is 3.77. The Balaban J connectivity index is 1.88. The summed E-state index contributed by atoms with van der Waals surface area (Å²) in [6.45, 7) is 0. The summed E-state index contributed by atoms with van der Waals surface area (Å²) in [5.41, 5.74) is 1.55. The number of hydrogen-bond acceptors (Lipinski definition) is 5. The second-order valence-corrected chi connectivity index (χ2v) is 6.26. The van der Waals surface area contributed by atoms with E-state index in [9.17, 15) is 9.90 Å². The van der Waals surface area contributed by atoms with Gasteiger partial charge in [0.1, 0.15) is 23.0 Å². The van der Waals surface area contributed by atoms with Gasteiger partial charge >= 0.3 is 5.97 Å². The molecule has 0 saturated carbocycles. The van der Waals surface area contributed by atoms with Gasteiger partial charge in [-0.3, -0.25) is 0 Å². The molecule has 1 unspecified atom stereocenters. The lowest BCUT2D eigenvalue weighted by Gasteiger charge is -2.36. The molecule has 0 bridgehead atoms. The number of phenols is 1. The van der Waals surface area contributed by atoms with Crippen molar-refractivity contribution in [2.75, 3.05) is 7.11 Å². The Kier molecular flexibility index (Phi) is 2.86. The maximum atomic E-state index is 12.6. The van der Waals surface area contributed by atoms with Crippen LogP contribution in [-0.2, 0) is 10.3 Å². The van der Waals surface area contributed by atoms with Crippen molar-refractivity contribution >= 4 is 5.97 Å². The van der Waals surface area contributed by atoms with Gasteiger partial charge in [0.2, 0.25) is 0 Å². The standard InChI is InChI=1S/C21H14O5/c1-24-13-7-9-17-19(11-13)25-18-10-12(22)6-8-16(18)21(17)15-5-3-2-4-14(15)20(23)26-21/h2-11,22H,1H3. The van der Waals surface area contributed by atoms with Crippen LogP contribution in [0, 0.1) is 0 Å². The van der Waals surface area contributed by atoms with Crippen molar-refractivity contribution in [2.45, 2.75) is 5.60 Å². The third-order valence-corrected chi connectivity index (χ3v) is 4.90. The Bertz CT molecular complexity index is 1070. The van der Waals surface area contributed by atoms with Gasteiger partial charge < -0.3 is 19.3 Å². The van der Waals surface area contributed by atoms with Gasteiger partial charge in [-0.15, -0.1) is 0 Å². The summed E-state index contributed by atoms with van der Waals surface area (Å²) in [7, 11) is 1.57. The van der Waals surface area contributed by atoms with Crippen molar-refractivity contribution in [2.24, 2.45) is 0 Å². The van der Waals surface area contributed by atoms with E-state index in [1.165, 1.54) is 6.07 Å². The molecule has 1 atom stereocenters. The van der Waals surface area contributed by atoms with E-state index in [0.29, 0.717) is 28.4 Å². The van der Waals surface area contributed by atoms with Crippen LogP contribution in [-0.4, -0.2) is 18.2 Å². The summed E-state index contributed by atoms with van der Waals surface area (Å²) in [5, 5.41) is 9.90. The molecule has 3 aromatic rings. The molecule has 2 aliphatic heterocycles. The maximum absolute atomic E-state index is 12.6. The highest BCUT2D eigenvalue weighted by Crippen LogP contribution is 2.56. The van der Waals surface area contributed by atoms with Crippen LogP contribution in [0.25, 0.3) is 0 Å². The van der Waals surface area contributed by atoms with Gasteiger partial charge in [0, 0.05) is 28.8 Å². The van der Waals surface area contributed by atoms with Crippen LogP contribution in [0.2, 0.25) is 0 Å². The van der Waals surface area contributed by atoms with Gasteiger partial charge in [0.05, 0.1) is 12.7 Å². The number of aromatic hydroxyl groups is 1. The Morgan fingerprint density at radius 1 is 0.923 bits per heavy atom. The molecular formula is C21H14O5. The lowest BCUT2D eigenvalue weighted by molar-refractivity contribution is 0.0224. The van der Waals surface area contributed by atoms with E-state index < -0.39 is 5.60 Å². The molecule has 0 aliphatic carbocycles. The molecular weight excluding hydrogens is 332 g/mol. The van der Waals surface area contributed by atoms with Crippen molar-refractivity contribution in [3.05, 3.63) is 82.9 Å². The number of carbonyl (C=O) groups excluding carboxylic acids is 1. The third-order valence-electron chi connectivity index (χ3n) is 4.90. The SMILES string of the molecule is COc1ccc2c(c1)Oc1cc(O)ccc1C21OC(=O)c2ccccc21. The molecule has 3 aromatic carbocycles. The fraction of sp³-hybridized carbons (Fsp3) is 0.0952. The smallest absolute Gasteiger partial charge is 0.340 e. The van der Waals surface area contributed by atoms with Crippen LogP contribution >= 0.6 is 0 Å². The number of ether oxygens (including phenoxy) is 3. The molecule has 26 heavy (non-hydrogen) atoms. The van der Waals surface area contributed by atoms with Crippen LogP contribution < -0.4 is 9.47 Å². The zero-order valence-corrected chi connectivity index (χ0v) is 13.9. The highest BCUT2D eigenvalue weighted by molar-refractivity contribution is 5.97. The van der Waals surface area contributed by atoms with E-state index in [1.807, 2.05) is 30.3 Å². The van der Waals surface area contributed by atoms with Crippen molar-refractivity contribution in [1.29, 1.82) is 0 Å². The van der Waals surface area contributed by atoms with Gasteiger partial charge in [0.15, 0.2) is 5.60 Å². The largest absolute Gasteiger partial charge is 0.508 e. The van der Waals surface area contributed by atoms with E-state index in [-0.39, 0.29) is 11.7 Å². The zero-order valence-electron chi connectivity index (χ0n) is 13.9. The lowest BCUT2D eigenvalue weighted by atomic mass is 9.77. The molecule has 2 aliphatic rings. The summed E-state index contributed by atoms with van der Waals surface area (Å²) < 4.78 is 17.3. The minimum absolute atomic E-state index is 0.0721. The summed E-state index contributed by atoms with van der Waals surface area (Å²) in [5.74, 6) is 1.27. The van der Waals surface area contributed by atoms with Crippen LogP contribution in [0.15, 0.2) is 60.7 Å². The second kappa shape index (κ2) is 5.02. The predicted octanol–water partition coefficient (Wildman–Crippen LogP) is 3.97. The Morgan fingerprint density at radius 3 is 2.46 bits per heavy atom. The monoisotopic (exact) mass is 346 g/mol. The Morgan fingerprint density at radius 2 is 1.65 bits per heavy atom. The number of phenolic OH excluding ortho intramolecular Hbond substituents is 1. The molecule has 2 heterocycles. The Hall–Kier alpha value is -3.47. The molecule has 5 rings (SSSR count). The number of rotatable bonds is 1. The van der Waals surface area contributed by atoms with Crippen LogP contribution in [0.4, 0.5) is 0 Å². The molecule has 5 nitrogen and oxygen atoms in total. The molecule has 0 aromatic heterocycles. The van der Waals surface area contributed by atoms with E-state index in [4.69, 9.17) is 14.2 Å². The molecule has 1 spiro atoms. The first-order chi connectivity index (χ1) is 12.6. The van der Waals surface area contributed by atoms with Crippen molar-refractivity contribution in [3.63, 3.8) is 0 Å². The van der Waals surface area contributed by atoms with E-state index in [2.05, 4.69) is 0 Å². The van der Waals surface area contributed by atoms with E-state index >= 15 is 0 Å². The predicted molar refractivity (Wildman–Crippen MR) is 92.9 cm³/mol. The molecule has 0 amide bonds. The first kappa shape index (κ1) is 14.8. The number of carbonyl (C=O) groups is 1. The fourth-order valence-electron chi connectivity index (χ4n) is 3.77. The number of methoxy groups -OCH3 is 1. The average molecular weight is 346 g/mol. The van der Waals surface area contributed by atoms with Gasteiger partial charge in [-0.25, -0.2) is 4.79 Å². The third kappa shape index (κ3) is 1.77. The first-order valence-corrected chi connectivity index (χ1v) is 8.16. The summed E-state index contributed by atoms with van der Waals surface area (Å²) >= 11 is 0. The normalized spacial score (nSPS) is 19.2. The van der Waals surface area contributed by atoms with Gasteiger partial charge in [-0.1, -0.05) is 18.2 Å². The molecule has 0 fully saturated rings. The van der Waals surface area contributed by atoms with E-state index in [0.717, 1.165) is 11.1 Å². The number of hydrogen-bond donors (Lipinski definition) is 1. The maximum Gasteiger partial charge on any atom is 0.340 e. The highest BCUT2D eigenvalue weighted by Gasteiger charge is 2.53. The molecule has 5 heteroatoms. The van der Waals surface area contributed by atoms with Crippen LogP contribution in [0.1, 0.15) is 27.0 Å². The second-order valence-electron chi connectivity index (χ2n) is 6.26. The summed E-state index contributed by atoms with van der Waals surface area (Å²) in [6, 6.07) is 17.5. The molecule has 128 valence electrons. The van der Waals surface area contributed by atoms with Gasteiger partial charge in [-0.05, 0) is 30.3 Å². The van der Waals surface area contributed by atoms with Crippen molar-refractivity contribution in [1.82, 2.24) is 0 Å². The van der Waals surface area contributed by atoms with Gasteiger partial charge in [0.25, 0.3) is 0 Å². The minimum Gasteiger partial charge on any atom is -0.508 e. The van der Waals surface area contributed by atoms with Crippen molar-refractivity contribution in [3.8, 4) is 23.0 Å². The minimum atomic E-state index is -1.11. The molecule has 0 saturated heterocycles. The summed E-state index contributed by atoms with van der Waals surface area (Å²) in [6.07, 6.45) is 0. The zero-order chi connectivity index (χ0) is 17.9. The number of esters is 1. The first-order valence-electron chi connectivity index (χ1n) is 8.16. The quantitative estimate of drug-likeness (QED) is 0.676. The molecule has 1 N–H and O–H groups in total. The van der Waals surface area contributed by atoms with E-state index in [1.54, 1.807) is 31.4 Å². The highest BCUT2D eigenvalue weighted by atomic mass is 16.6. The van der Waals surface area contributed by atoms with Crippen molar-refractivity contribution < 1.29 is 24.1 Å². The number of benzene rings is 3. The Labute approximate surface area is 149 Å². The number of fused-ring (bicyclic) bond motifs is 6. The molecule has 0 radical (unpaired) electrons. The average Bonchev–Trinajstić information content (AvgIpc) is 2.95. The lowest BCUT2D eigenvalue weighted by Crippen LogP contribution is -2.32. The van der Waals surface area contributed by atoms with Crippen LogP contribution in [0.3, 0.4) is 0 Å². The topological polar surface area (TPSA) is 65.0 Å². The van der Waals surface area contributed by atoms with Gasteiger partial charge in [-0.2, -0.15) is 0 Å².